The molecule has 6 nitrogen and oxygen atoms in total. The lowest BCUT2D eigenvalue weighted by Crippen LogP contribution is -2.33. The van der Waals surface area contributed by atoms with Crippen LogP contribution in [0.2, 0.25) is 0 Å². The molecule has 3 N–H and O–H groups in total. The van der Waals surface area contributed by atoms with Crippen LogP contribution in [0.25, 0.3) is 11.1 Å². The van der Waals surface area contributed by atoms with Crippen molar-refractivity contribution < 1.29 is 9.59 Å². The molecule has 180 valence electrons. The number of benzene rings is 3. The molecule has 0 unspecified atom stereocenters. The molecule has 2 amide bonds. The number of fused-ring (bicyclic) bond motifs is 1. The molecule has 1 heterocycles. The Labute approximate surface area is 207 Å². The molecule has 0 aromatic heterocycles. The van der Waals surface area contributed by atoms with Gasteiger partial charge in [0.15, 0.2) is 0 Å². The van der Waals surface area contributed by atoms with Crippen LogP contribution >= 0.6 is 0 Å². The summed E-state index contributed by atoms with van der Waals surface area (Å²) in [6.07, 6.45) is 1.96. The second kappa shape index (κ2) is 10.9. The Morgan fingerprint density at radius 2 is 1.69 bits per heavy atom. The lowest BCUT2D eigenvalue weighted by molar-refractivity contribution is -0.123. The monoisotopic (exact) mass is 468 g/mol. The van der Waals surface area contributed by atoms with Crippen molar-refractivity contribution in [3.8, 4) is 17.2 Å². The average molecular weight is 469 g/mol. The third-order valence-corrected chi connectivity index (χ3v) is 5.75. The van der Waals surface area contributed by atoms with E-state index in [4.69, 9.17) is 11.0 Å². The molecule has 1 aliphatic rings. The van der Waals surface area contributed by atoms with Gasteiger partial charge in [0.1, 0.15) is 0 Å². The van der Waals surface area contributed by atoms with E-state index in [2.05, 4.69) is 11.4 Å². The van der Waals surface area contributed by atoms with Gasteiger partial charge in [-0.1, -0.05) is 39.0 Å². The summed E-state index contributed by atoms with van der Waals surface area (Å²) in [4.78, 5) is 25.9. The van der Waals surface area contributed by atoms with Crippen molar-refractivity contribution in [1.82, 2.24) is 0 Å². The van der Waals surface area contributed by atoms with Crippen molar-refractivity contribution in [2.45, 2.75) is 40.5 Å². The van der Waals surface area contributed by atoms with E-state index in [0.717, 1.165) is 41.9 Å². The van der Waals surface area contributed by atoms with Gasteiger partial charge in [0, 0.05) is 35.9 Å². The maximum absolute atomic E-state index is 12.2. The second-order valence-electron chi connectivity index (χ2n) is 9.64. The highest BCUT2D eigenvalue weighted by Gasteiger charge is 2.22. The number of nitrogens with two attached hydrogens (primary N) is 1. The number of nitrogens with one attached hydrogen (secondary N) is 1. The third kappa shape index (κ3) is 6.70. The molecule has 0 atom stereocenters. The zero-order valence-corrected chi connectivity index (χ0v) is 20.8. The number of hydrogen-bond donors (Lipinski definition) is 2. The maximum Gasteiger partial charge on any atom is 0.229 e. The summed E-state index contributed by atoms with van der Waals surface area (Å²) in [7, 11) is 0. The fourth-order valence-corrected chi connectivity index (χ4v) is 3.76. The highest BCUT2D eigenvalue weighted by atomic mass is 16.2. The highest BCUT2D eigenvalue weighted by molar-refractivity contribution is 5.95. The first kappa shape index (κ1) is 25.5. The molecule has 0 saturated carbocycles. The van der Waals surface area contributed by atoms with Crippen molar-refractivity contribution in [2.24, 2.45) is 5.41 Å². The van der Waals surface area contributed by atoms with Crippen LogP contribution < -0.4 is 16.0 Å². The standard InChI is InChI=1S/C22H26N2O2.C7H6N2/c1-15(25)24-12-6-8-18-13-17(10-11-20(18)24)16-7-5-9-19(14-16)23-21(26)22(2,3)4;8-5-6-1-3-7(9)4-2-6/h5,7,9-11,13-14H,6,8,12H2,1-4H3,(H,23,26);1-4H,9H2. The number of carbonyl (C=O) groups excluding carboxylic acids is 2. The van der Waals surface area contributed by atoms with Crippen molar-refractivity contribution in [1.29, 1.82) is 5.26 Å². The smallest absolute Gasteiger partial charge is 0.229 e. The molecule has 0 bridgehead atoms. The van der Waals surface area contributed by atoms with Crippen molar-refractivity contribution >= 4 is 28.9 Å². The number of nitrogens with zero attached hydrogens (tertiary/aromatic N) is 2. The van der Waals surface area contributed by atoms with Gasteiger partial charge in [-0.15, -0.1) is 0 Å². The molecule has 0 saturated heterocycles. The van der Waals surface area contributed by atoms with E-state index in [-0.39, 0.29) is 11.8 Å². The molecule has 35 heavy (non-hydrogen) atoms. The second-order valence-corrected chi connectivity index (χ2v) is 9.64. The van der Waals surface area contributed by atoms with Gasteiger partial charge < -0.3 is 16.0 Å². The summed E-state index contributed by atoms with van der Waals surface area (Å²) in [5, 5.41) is 11.3. The summed E-state index contributed by atoms with van der Waals surface area (Å²) in [5.74, 6) is 0.0859. The SMILES string of the molecule is CC(=O)N1CCCc2cc(-c3cccc(NC(=O)C(C)(C)C)c3)ccc21.N#Cc1ccc(N)cc1. The number of rotatable bonds is 2. The van der Waals surface area contributed by atoms with E-state index in [1.165, 1.54) is 5.56 Å². The van der Waals surface area contributed by atoms with Crippen LogP contribution in [0.15, 0.2) is 66.7 Å². The van der Waals surface area contributed by atoms with Crippen LogP contribution in [0.3, 0.4) is 0 Å². The minimum absolute atomic E-state index is 0.00260. The predicted octanol–water partition coefficient (Wildman–Crippen LogP) is 5.78. The first-order valence-electron chi connectivity index (χ1n) is 11.7. The minimum Gasteiger partial charge on any atom is -0.399 e. The lowest BCUT2D eigenvalue weighted by Gasteiger charge is -2.29. The van der Waals surface area contributed by atoms with Crippen LogP contribution in [0.4, 0.5) is 17.1 Å². The zero-order valence-electron chi connectivity index (χ0n) is 20.8. The summed E-state index contributed by atoms with van der Waals surface area (Å²) in [5.41, 5.74) is 11.4. The Kier molecular flexibility index (Phi) is 7.93. The Hall–Kier alpha value is -4.11. The molecule has 1 aliphatic heterocycles. The molecule has 6 heteroatoms. The van der Waals surface area contributed by atoms with E-state index < -0.39 is 5.41 Å². The molecular weight excluding hydrogens is 436 g/mol. The van der Waals surface area contributed by atoms with Crippen LogP contribution in [0.5, 0.6) is 0 Å². The van der Waals surface area contributed by atoms with Gasteiger partial charge in [-0.2, -0.15) is 5.26 Å². The molecule has 0 spiro atoms. The number of hydrogen-bond acceptors (Lipinski definition) is 4. The number of nitriles is 1. The minimum atomic E-state index is -0.433. The largest absolute Gasteiger partial charge is 0.399 e. The normalized spacial score (nSPS) is 12.5. The van der Waals surface area contributed by atoms with E-state index in [1.54, 1.807) is 31.2 Å². The lowest BCUT2D eigenvalue weighted by atomic mass is 9.94. The Morgan fingerprint density at radius 1 is 1.00 bits per heavy atom. The van der Waals surface area contributed by atoms with Gasteiger partial charge in [-0.3, -0.25) is 9.59 Å². The first-order valence-corrected chi connectivity index (χ1v) is 11.7. The van der Waals surface area contributed by atoms with E-state index in [1.807, 2.05) is 68.1 Å². The van der Waals surface area contributed by atoms with Gasteiger partial charge in [-0.05, 0) is 78.1 Å². The first-order chi connectivity index (χ1) is 16.6. The molecule has 3 aromatic rings. The van der Waals surface area contributed by atoms with Crippen molar-refractivity contribution in [2.75, 3.05) is 22.5 Å². The predicted molar refractivity (Wildman–Crippen MR) is 142 cm³/mol. The van der Waals surface area contributed by atoms with E-state index >= 15 is 0 Å². The number of carbonyl (C=O) groups is 2. The topological polar surface area (TPSA) is 99.2 Å². The fourth-order valence-electron chi connectivity index (χ4n) is 3.76. The molecule has 4 rings (SSSR count). The molecule has 0 aliphatic carbocycles. The molecule has 0 fully saturated rings. The zero-order chi connectivity index (χ0) is 25.6. The van der Waals surface area contributed by atoms with Crippen LogP contribution in [-0.4, -0.2) is 18.4 Å². The van der Waals surface area contributed by atoms with Gasteiger partial charge in [0.25, 0.3) is 0 Å². The Bertz CT molecular complexity index is 1250. The summed E-state index contributed by atoms with van der Waals surface area (Å²) < 4.78 is 0. The number of anilines is 3. The van der Waals surface area contributed by atoms with Gasteiger partial charge in [-0.25, -0.2) is 0 Å². The summed E-state index contributed by atoms with van der Waals surface area (Å²) in [6.45, 7) is 8.10. The number of nitrogen functional groups attached to an aromatic ring is 1. The highest BCUT2D eigenvalue weighted by Crippen LogP contribution is 2.32. The third-order valence-electron chi connectivity index (χ3n) is 5.75. The molecule has 3 aromatic carbocycles. The van der Waals surface area contributed by atoms with Gasteiger partial charge >= 0.3 is 0 Å². The Morgan fingerprint density at radius 3 is 2.31 bits per heavy atom. The summed E-state index contributed by atoms with van der Waals surface area (Å²) in [6, 6.07) is 22.9. The fraction of sp³-hybridized carbons (Fsp3) is 0.276. The van der Waals surface area contributed by atoms with Crippen LogP contribution in [0, 0.1) is 16.7 Å². The van der Waals surface area contributed by atoms with Gasteiger partial charge in [0.05, 0.1) is 11.6 Å². The molecule has 0 radical (unpaired) electrons. The van der Waals surface area contributed by atoms with Crippen LogP contribution in [0.1, 0.15) is 45.2 Å². The van der Waals surface area contributed by atoms with E-state index in [0.29, 0.717) is 11.3 Å². The van der Waals surface area contributed by atoms with Crippen LogP contribution in [-0.2, 0) is 16.0 Å². The van der Waals surface area contributed by atoms with Gasteiger partial charge in [0.2, 0.25) is 11.8 Å². The average Bonchev–Trinajstić information content (AvgIpc) is 2.83. The number of aryl methyl sites for hydroxylation is 1. The quantitative estimate of drug-likeness (QED) is 0.466. The Balaban J connectivity index is 0.000000320. The summed E-state index contributed by atoms with van der Waals surface area (Å²) >= 11 is 0. The van der Waals surface area contributed by atoms with Crippen molar-refractivity contribution in [3.05, 3.63) is 77.9 Å². The number of amides is 2. The maximum atomic E-state index is 12.2. The van der Waals surface area contributed by atoms with E-state index in [9.17, 15) is 9.59 Å². The molecular formula is C29H32N4O2. The van der Waals surface area contributed by atoms with Crippen molar-refractivity contribution in [3.63, 3.8) is 0 Å².